The van der Waals surface area contributed by atoms with Gasteiger partial charge < -0.3 is 20.3 Å². The minimum Gasteiger partial charge on any atom is -0.481 e. The van der Waals surface area contributed by atoms with Gasteiger partial charge in [0, 0.05) is 17.1 Å². The third kappa shape index (κ3) is 5.47. The molecule has 0 saturated heterocycles. The van der Waals surface area contributed by atoms with E-state index in [0.29, 0.717) is 36.1 Å². The van der Waals surface area contributed by atoms with Gasteiger partial charge in [0.25, 0.3) is 0 Å². The van der Waals surface area contributed by atoms with E-state index >= 15 is 0 Å². The number of aliphatic carboxylic acids is 1. The monoisotopic (exact) mass is 525 g/mol. The summed E-state index contributed by atoms with van der Waals surface area (Å²) in [6, 6.07) is 14.6. The van der Waals surface area contributed by atoms with E-state index < -0.39 is 12.1 Å². The number of carboxylic acid groups (broad SMARTS) is 1. The van der Waals surface area contributed by atoms with Crippen molar-refractivity contribution in [2.45, 2.75) is 70.6 Å². The first-order valence-electron chi connectivity index (χ1n) is 13.7. The summed E-state index contributed by atoms with van der Waals surface area (Å²) in [4.78, 5) is 11.6. The van der Waals surface area contributed by atoms with Crippen molar-refractivity contribution >= 4 is 17.6 Å². The molecule has 8 atom stereocenters. The molecule has 2 aromatic rings. The molecule has 0 aromatic heterocycles. The van der Waals surface area contributed by atoms with Crippen molar-refractivity contribution < 1.29 is 19.7 Å². The average Bonchev–Trinajstić information content (AvgIpc) is 3.35. The summed E-state index contributed by atoms with van der Waals surface area (Å²) >= 11 is 6.29. The minimum atomic E-state index is -0.624. The van der Waals surface area contributed by atoms with Crippen LogP contribution in [-0.2, 0) is 16.0 Å². The highest BCUT2D eigenvalue weighted by atomic mass is 35.5. The van der Waals surface area contributed by atoms with E-state index in [2.05, 4.69) is 50.4 Å². The maximum atomic E-state index is 11.6. The van der Waals surface area contributed by atoms with Gasteiger partial charge in [0.2, 0.25) is 0 Å². The Kier molecular flexibility index (Phi) is 7.45. The lowest BCUT2D eigenvalue weighted by molar-refractivity contribution is -0.139. The molecule has 0 spiro atoms. The Bertz CT molecular complexity index is 1150. The first kappa shape index (κ1) is 26.7. The second-order valence-corrected chi connectivity index (χ2v) is 12.7. The number of aliphatic hydroxyl groups is 1. The Morgan fingerprint density at radius 1 is 1.19 bits per heavy atom. The number of nitrogens with one attached hydrogen (secondary N) is 1. The molecule has 2 bridgehead atoms. The van der Waals surface area contributed by atoms with Gasteiger partial charge in [0.15, 0.2) is 0 Å². The largest absolute Gasteiger partial charge is 0.481 e. The number of halogens is 1. The molecule has 200 valence electrons. The zero-order valence-corrected chi connectivity index (χ0v) is 23.0. The van der Waals surface area contributed by atoms with Gasteiger partial charge in [-0.05, 0) is 105 Å². The van der Waals surface area contributed by atoms with Crippen molar-refractivity contribution in [3.8, 4) is 0 Å². The van der Waals surface area contributed by atoms with Gasteiger partial charge >= 0.3 is 5.97 Å². The van der Waals surface area contributed by atoms with Crippen LogP contribution in [-0.4, -0.2) is 41.0 Å². The predicted molar refractivity (Wildman–Crippen MR) is 146 cm³/mol. The molecule has 3 aliphatic carbocycles. The van der Waals surface area contributed by atoms with Crippen LogP contribution < -0.4 is 5.32 Å². The van der Waals surface area contributed by atoms with Crippen LogP contribution in [0.4, 0.5) is 0 Å². The lowest BCUT2D eigenvalue weighted by Gasteiger charge is -2.29. The molecule has 6 heteroatoms. The van der Waals surface area contributed by atoms with Gasteiger partial charge in [-0.25, -0.2) is 0 Å². The zero-order valence-electron chi connectivity index (χ0n) is 22.3. The molecular weight excluding hydrogens is 486 g/mol. The fourth-order valence-corrected chi connectivity index (χ4v) is 7.60. The number of hydrogen-bond donors (Lipinski definition) is 3. The maximum absolute atomic E-state index is 11.6. The number of carbonyl (C=O) groups is 1. The molecule has 3 aliphatic rings. The quantitative estimate of drug-likeness (QED) is 0.347. The number of benzene rings is 2. The first-order chi connectivity index (χ1) is 17.6. The molecule has 5 nitrogen and oxygen atoms in total. The van der Waals surface area contributed by atoms with Crippen LogP contribution in [0.1, 0.15) is 67.9 Å². The molecule has 2 aromatic carbocycles. The molecule has 0 aliphatic heterocycles. The second kappa shape index (κ2) is 10.3. The van der Waals surface area contributed by atoms with Crippen LogP contribution >= 0.6 is 11.6 Å². The summed E-state index contributed by atoms with van der Waals surface area (Å²) in [5.41, 5.74) is 4.51. The van der Waals surface area contributed by atoms with Crippen molar-refractivity contribution in [2.75, 3.05) is 13.2 Å². The Morgan fingerprint density at radius 3 is 2.68 bits per heavy atom. The van der Waals surface area contributed by atoms with Crippen LogP contribution in [0, 0.1) is 36.5 Å². The third-order valence-electron chi connectivity index (χ3n) is 9.18. The predicted octanol–water partition coefficient (Wildman–Crippen LogP) is 5.77. The van der Waals surface area contributed by atoms with Crippen LogP contribution in [0.2, 0.25) is 5.02 Å². The van der Waals surface area contributed by atoms with Crippen molar-refractivity contribution in [3.05, 3.63) is 69.7 Å². The van der Waals surface area contributed by atoms with E-state index in [-0.39, 0.29) is 24.2 Å². The number of aliphatic hydroxyl groups excluding tert-OH is 1. The molecule has 3 N–H and O–H groups in total. The van der Waals surface area contributed by atoms with Gasteiger partial charge in [-0.3, -0.25) is 4.79 Å². The van der Waals surface area contributed by atoms with Crippen LogP contribution in [0.15, 0.2) is 42.5 Å². The topological polar surface area (TPSA) is 78.8 Å². The summed E-state index contributed by atoms with van der Waals surface area (Å²) < 4.78 is 6.18. The van der Waals surface area contributed by atoms with E-state index in [9.17, 15) is 15.0 Å². The molecule has 0 heterocycles. The summed E-state index contributed by atoms with van der Waals surface area (Å²) in [6.07, 6.45) is 2.30. The molecule has 0 amide bonds. The number of β-amino-alcohol motifs (C(OH)–C–C–N with tert-alkyl or cyclic N) is 1. The van der Waals surface area contributed by atoms with E-state index in [0.717, 1.165) is 29.0 Å². The van der Waals surface area contributed by atoms with Crippen molar-refractivity contribution in [3.63, 3.8) is 0 Å². The highest BCUT2D eigenvalue weighted by molar-refractivity contribution is 6.31. The van der Waals surface area contributed by atoms with E-state index in [1.165, 1.54) is 17.5 Å². The minimum absolute atomic E-state index is 0.121. The van der Waals surface area contributed by atoms with Gasteiger partial charge in [0.1, 0.15) is 0 Å². The van der Waals surface area contributed by atoms with Crippen LogP contribution in [0.25, 0.3) is 0 Å². The second-order valence-electron chi connectivity index (χ2n) is 12.3. The van der Waals surface area contributed by atoms with Gasteiger partial charge in [0.05, 0.1) is 24.7 Å². The number of ether oxygens (including phenoxy) is 1. The van der Waals surface area contributed by atoms with Crippen LogP contribution in [0.5, 0.6) is 0 Å². The Morgan fingerprint density at radius 2 is 1.95 bits per heavy atom. The standard InChI is InChI=1S/C31H40ClNO4/c1-17-9-10-19(11-26(17)32)14-31(3,4)33-15-21(34)16-37-18(2)22-7-5-6-8-23(22)24-12-20-13-25(24)28-27(20)29(28)30(35)36/h5-11,18,20-21,24-25,27-29,33-34H,12-16H2,1-4H3,(H,35,36)/t18-,20?,21-,24?,25?,27?,28?,29?/m1/s1. The molecule has 0 radical (unpaired) electrons. The first-order valence-corrected chi connectivity index (χ1v) is 14.0. The smallest absolute Gasteiger partial charge is 0.307 e. The maximum Gasteiger partial charge on any atom is 0.307 e. The van der Waals surface area contributed by atoms with E-state index in [1.54, 1.807) is 0 Å². The summed E-state index contributed by atoms with van der Waals surface area (Å²) in [5.74, 6) is 1.49. The fraction of sp³-hybridized carbons (Fsp3) is 0.581. The Labute approximate surface area is 225 Å². The average molecular weight is 526 g/mol. The highest BCUT2D eigenvalue weighted by Crippen LogP contribution is 2.73. The highest BCUT2D eigenvalue weighted by Gasteiger charge is 2.70. The molecular formula is C31H40ClNO4. The molecule has 6 unspecified atom stereocenters. The number of fused-ring (bicyclic) bond motifs is 5. The fourth-order valence-electron chi connectivity index (χ4n) is 7.39. The van der Waals surface area contributed by atoms with E-state index in [4.69, 9.17) is 16.3 Å². The number of rotatable bonds is 11. The summed E-state index contributed by atoms with van der Waals surface area (Å²) in [7, 11) is 0. The van der Waals surface area contributed by atoms with Gasteiger partial charge in [-0.15, -0.1) is 0 Å². The Balaban J connectivity index is 1.14. The number of aryl methyl sites for hydroxylation is 1. The van der Waals surface area contributed by atoms with Gasteiger partial charge in [-0.1, -0.05) is 48.0 Å². The van der Waals surface area contributed by atoms with Gasteiger partial charge in [-0.2, -0.15) is 0 Å². The Hall–Kier alpha value is -1.92. The molecule has 3 saturated carbocycles. The molecule has 3 fully saturated rings. The molecule has 5 rings (SSSR count). The summed E-state index contributed by atoms with van der Waals surface area (Å²) in [5, 5.41) is 24.5. The third-order valence-corrected chi connectivity index (χ3v) is 9.58. The van der Waals surface area contributed by atoms with Crippen LogP contribution in [0.3, 0.4) is 0 Å². The number of hydrogen-bond acceptors (Lipinski definition) is 4. The normalized spacial score (nSPS) is 29.7. The summed E-state index contributed by atoms with van der Waals surface area (Å²) in [6.45, 7) is 8.99. The lowest BCUT2D eigenvalue weighted by Crippen LogP contribution is -2.46. The van der Waals surface area contributed by atoms with Crippen molar-refractivity contribution in [1.29, 1.82) is 0 Å². The molecule has 37 heavy (non-hydrogen) atoms. The van der Waals surface area contributed by atoms with Crippen molar-refractivity contribution in [2.24, 2.45) is 29.6 Å². The number of carboxylic acids is 1. The SMILES string of the molecule is Cc1ccc(CC(C)(C)NC[C@@H](O)CO[C@H](C)c2ccccc2C2CC3CC2C2C(C(=O)O)C32)cc1Cl. The van der Waals surface area contributed by atoms with E-state index in [1.807, 2.05) is 25.1 Å². The zero-order chi connectivity index (χ0) is 26.5. The van der Waals surface area contributed by atoms with Crippen molar-refractivity contribution in [1.82, 2.24) is 5.32 Å². The lowest BCUT2D eigenvalue weighted by atomic mass is 9.80.